The molecule has 2 aromatic heterocycles. The van der Waals surface area contributed by atoms with E-state index in [1.807, 2.05) is 0 Å². The summed E-state index contributed by atoms with van der Waals surface area (Å²) in [4.78, 5) is 14.9. The minimum atomic E-state index is -4.81. The summed E-state index contributed by atoms with van der Waals surface area (Å²) in [6.07, 6.45) is -3.51. The maximum absolute atomic E-state index is 14.1. The Balaban J connectivity index is 1.74. The van der Waals surface area contributed by atoms with Crippen LogP contribution >= 0.6 is 0 Å². The number of rotatable bonds is 4. The second-order valence-corrected chi connectivity index (χ2v) is 7.75. The van der Waals surface area contributed by atoms with E-state index in [2.05, 4.69) is 15.2 Å². The molecule has 164 valence electrons. The SMILES string of the molecule is O=C(O)[C@H]1C[C@H](Oc2nc(C(F)(F)F)c(-c3ccc(F)cc3)c3cc4cn[nH]c4cc23)C1. The first-order valence-corrected chi connectivity index (χ1v) is 9.74. The molecule has 0 amide bonds. The zero-order chi connectivity index (χ0) is 22.6. The summed E-state index contributed by atoms with van der Waals surface area (Å²) < 4.78 is 61.5. The average molecular weight is 445 g/mol. The van der Waals surface area contributed by atoms with Crippen molar-refractivity contribution in [3.63, 3.8) is 0 Å². The quantitative estimate of drug-likeness (QED) is 0.423. The Labute approximate surface area is 177 Å². The molecule has 4 aromatic rings. The van der Waals surface area contributed by atoms with Crippen molar-refractivity contribution in [1.29, 1.82) is 0 Å². The molecule has 6 nitrogen and oxygen atoms in total. The summed E-state index contributed by atoms with van der Waals surface area (Å²) in [5, 5.41) is 16.9. The lowest BCUT2D eigenvalue weighted by Crippen LogP contribution is -2.38. The number of aromatic nitrogens is 3. The van der Waals surface area contributed by atoms with Crippen molar-refractivity contribution < 1.29 is 32.2 Å². The number of carboxylic acids is 1. The average Bonchev–Trinajstić information content (AvgIpc) is 3.15. The van der Waals surface area contributed by atoms with Crippen molar-refractivity contribution >= 4 is 27.6 Å². The predicted molar refractivity (Wildman–Crippen MR) is 107 cm³/mol. The van der Waals surface area contributed by atoms with Gasteiger partial charge in [-0.2, -0.15) is 18.3 Å². The highest BCUT2D eigenvalue weighted by Gasteiger charge is 2.40. The summed E-state index contributed by atoms with van der Waals surface area (Å²) in [5.74, 6) is -2.37. The second kappa shape index (κ2) is 7.18. The van der Waals surface area contributed by atoms with Crippen LogP contribution in [0.2, 0.25) is 0 Å². The number of carboxylic acid groups (broad SMARTS) is 1. The van der Waals surface area contributed by atoms with E-state index in [1.165, 1.54) is 18.3 Å². The lowest BCUT2D eigenvalue weighted by molar-refractivity contribution is -0.148. The summed E-state index contributed by atoms with van der Waals surface area (Å²) in [5.41, 5.74) is -0.630. The van der Waals surface area contributed by atoms with E-state index in [-0.39, 0.29) is 35.2 Å². The summed E-state index contributed by atoms with van der Waals surface area (Å²) in [6.45, 7) is 0. The molecule has 0 unspecified atom stereocenters. The molecule has 2 heterocycles. The number of ether oxygens (including phenoxy) is 1. The lowest BCUT2D eigenvalue weighted by Gasteiger charge is -2.32. The number of pyridine rings is 1. The van der Waals surface area contributed by atoms with Gasteiger partial charge in [0.25, 0.3) is 0 Å². The number of nitrogens with zero attached hydrogens (tertiary/aromatic N) is 2. The lowest BCUT2D eigenvalue weighted by atomic mass is 9.82. The molecule has 0 atom stereocenters. The predicted octanol–water partition coefficient (Wildman–Crippen LogP) is 5.18. The van der Waals surface area contributed by atoms with Crippen molar-refractivity contribution in [2.75, 3.05) is 0 Å². The fraction of sp³-hybridized carbons (Fsp3) is 0.227. The largest absolute Gasteiger partial charge is 0.481 e. The minimum absolute atomic E-state index is 0.153. The van der Waals surface area contributed by atoms with E-state index < -0.39 is 35.7 Å². The van der Waals surface area contributed by atoms with Crippen LogP contribution < -0.4 is 4.74 Å². The highest BCUT2D eigenvalue weighted by molar-refractivity contribution is 6.06. The normalized spacial score (nSPS) is 18.6. The van der Waals surface area contributed by atoms with Crippen LogP contribution in [-0.2, 0) is 11.0 Å². The topological polar surface area (TPSA) is 88.1 Å². The summed E-state index contributed by atoms with van der Waals surface area (Å²) >= 11 is 0. The number of carbonyl (C=O) groups is 1. The van der Waals surface area contributed by atoms with E-state index in [4.69, 9.17) is 9.84 Å². The fourth-order valence-corrected chi connectivity index (χ4v) is 3.95. The molecule has 1 fully saturated rings. The van der Waals surface area contributed by atoms with Gasteiger partial charge in [0.2, 0.25) is 5.88 Å². The highest BCUT2D eigenvalue weighted by Crippen LogP contribution is 2.44. The van der Waals surface area contributed by atoms with E-state index in [1.54, 1.807) is 12.1 Å². The molecular formula is C22H15F4N3O3. The Kier molecular flexibility index (Phi) is 4.54. The van der Waals surface area contributed by atoms with Gasteiger partial charge in [-0.1, -0.05) is 12.1 Å². The van der Waals surface area contributed by atoms with Gasteiger partial charge in [0, 0.05) is 16.3 Å². The molecule has 1 aliphatic carbocycles. The molecule has 5 rings (SSSR count). The number of hydrogen-bond acceptors (Lipinski definition) is 4. The van der Waals surface area contributed by atoms with Gasteiger partial charge in [0.15, 0.2) is 5.69 Å². The van der Waals surface area contributed by atoms with Gasteiger partial charge < -0.3 is 9.84 Å². The summed E-state index contributed by atoms with van der Waals surface area (Å²) in [6, 6.07) is 7.86. The van der Waals surface area contributed by atoms with E-state index in [9.17, 15) is 22.4 Å². The van der Waals surface area contributed by atoms with Gasteiger partial charge in [-0.25, -0.2) is 9.37 Å². The third-order valence-electron chi connectivity index (χ3n) is 5.65. The maximum atomic E-state index is 14.1. The number of aromatic amines is 1. The van der Waals surface area contributed by atoms with Crippen LogP contribution in [0.4, 0.5) is 17.6 Å². The number of H-pyrrole nitrogens is 1. The van der Waals surface area contributed by atoms with Crippen molar-refractivity contribution in [2.24, 2.45) is 5.92 Å². The molecule has 1 saturated carbocycles. The highest BCUT2D eigenvalue weighted by atomic mass is 19.4. The van der Waals surface area contributed by atoms with E-state index >= 15 is 0 Å². The first-order chi connectivity index (χ1) is 15.2. The molecule has 2 aromatic carbocycles. The third-order valence-corrected chi connectivity index (χ3v) is 5.65. The van der Waals surface area contributed by atoms with Crippen LogP contribution in [0.25, 0.3) is 32.8 Å². The van der Waals surface area contributed by atoms with Crippen molar-refractivity contribution in [2.45, 2.75) is 25.1 Å². The number of nitrogens with one attached hydrogen (secondary N) is 1. The van der Waals surface area contributed by atoms with E-state index in [0.29, 0.717) is 16.3 Å². The zero-order valence-electron chi connectivity index (χ0n) is 16.3. The molecule has 32 heavy (non-hydrogen) atoms. The molecule has 0 aliphatic heterocycles. The Morgan fingerprint density at radius 3 is 2.50 bits per heavy atom. The molecule has 0 radical (unpaired) electrons. The van der Waals surface area contributed by atoms with Crippen LogP contribution in [-0.4, -0.2) is 32.4 Å². The molecule has 2 N–H and O–H groups in total. The minimum Gasteiger partial charge on any atom is -0.481 e. The fourth-order valence-electron chi connectivity index (χ4n) is 3.95. The van der Waals surface area contributed by atoms with Gasteiger partial charge in [-0.05, 0) is 48.1 Å². The Bertz CT molecular complexity index is 1340. The first kappa shape index (κ1) is 20.2. The van der Waals surface area contributed by atoms with Crippen LogP contribution in [0.1, 0.15) is 18.5 Å². The number of alkyl halides is 3. The van der Waals surface area contributed by atoms with Gasteiger partial charge >= 0.3 is 12.1 Å². The number of hydrogen-bond donors (Lipinski definition) is 2. The van der Waals surface area contributed by atoms with Crippen molar-refractivity contribution in [3.8, 4) is 17.0 Å². The molecule has 1 aliphatic rings. The standard InChI is InChI=1S/C22H15F4N3O3/c23-13-3-1-10(2-4-13)18-15-7-12-9-27-29-17(12)8-16(15)20(28-19(18)22(24,25)26)32-14-5-11(6-14)21(30)31/h1-4,7-9,11,14H,5-6H2,(H,27,29)(H,30,31)/t11-,14-. The van der Waals surface area contributed by atoms with Gasteiger partial charge in [0.1, 0.15) is 11.9 Å². The molecule has 10 heteroatoms. The Morgan fingerprint density at radius 1 is 1.12 bits per heavy atom. The second-order valence-electron chi connectivity index (χ2n) is 7.75. The number of aliphatic carboxylic acids is 1. The van der Waals surface area contributed by atoms with Crippen LogP contribution in [0.15, 0.2) is 42.6 Å². The van der Waals surface area contributed by atoms with Gasteiger partial charge in [-0.15, -0.1) is 0 Å². The Morgan fingerprint density at radius 2 is 1.84 bits per heavy atom. The molecular weight excluding hydrogens is 430 g/mol. The Hall–Kier alpha value is -3.69. The number of fused-ring (bicyclic) bond motifs is 2. The molecule has 0 spiro atoms. The van der Waals surface area contributed by atoms with Crippen LogP contribution in [0.5, 0.6) is 5.88 Å². The smallest absolute Gasteiger partial charge is 0.434 e. The maximum Gasteiger partial charge on any atom is 0.434 e. The number of benzene rings is 2. The van der Waals surface area contributed by atoms with Gasteiger partial charge in [0.05, 0.1) is 17.6 Å². The van der Waals surface area contributed by atoms with Crippen LogP contribution in [0, 0.1) is 11.7 Å². The van der Waals surface area contributed by atoms with Crippen molar-refractivity contribution in [3.05, 3.63) is 54.1 Å². The summed E-state index contributed by atoms with van der Waals surface area (Å²) in [7, 11) is 0. The first-order valence-electron chi connectivity index (χ1n) is 9.74. The number of halogens is 4. The zero-order valence-corrected chi connectivity index (χ0v) is 16.3. The molecule has 0 bridgehead atoms. The van der Waals surface area contributed by atoms with Crippen molar-refractivity contribution in [1.82, 2.24) is 15.2 Å². The van der Waals surface area contributed by atoms with Gasteiger partial charge in [-0.3, -0.25) is 9.89 Å². The molecule has 0 saturated heterocycles. The van der Waals surface area contributed by atoms with E-state index in [0.717, 1.165) is 12.1 Å². The monoisotopic (exact) mass is 445 g/mol. The van der Waals surface area contributed by atoms with Crippen LogP contribution in [0.3, 0.4) is 0 Å². The third kappa shape index (κ3) is 3.41.